The zero-order valence-corrected chi connectivity index (χ0v) is 14.4. The van der Waals surface area contributed by atoms with Gasteiger partial charge in [-0.05, 0) is 37.5 Å². The molecule has 0 saturated carbocycles. The number of benzene rings is 1. The molecule has 3 unspecified atom stereocenters. The van der Waals surface area contributed by atoms with Crippen LogP contribution in [0, 0.1) is 12.8 Å². The SMILES string of the molecule is CCC(C)C1NC(=O)C(C)N(c2cc(Br)ccc2C)C1=O. The Morgan fingerprint density at radius 1 is 1.38 bits per heavy atom. The lowest BCUT2D eigenvalue weighted by Crippen LogP contribution is -2.64. The number of amides is 2. The second kappa shape index (κ2) is 6.18. The van der Waals surface area contributed by atoms with Gasteiger partial charge in [0.05, 0.1) is 0 Å². The number of hydrogen-bond donors (Lipinski definition) is 1. The maximum Gasteiger partial charge on any atom is 0.250 e. The van der Waals surface area contributed by atoms with Gasteiger partial charge in [0.1, 0.15) is 12.1 Å². The van der Waals surface area contributed by atoms with Gasteiger partial charge in [-0.25, -0.2) is 0 Å². The summed E-state index contributed by atoms with van der Waals surface area (Å²) in [5.41, 5.74) is 1.78. The maximum atomic E-state index is 12.8. The summed E-state index contributed by atoms with van der Waals surface area (Å²) < 4.78 is 0.897. The van der Waals surface area contributed by atoms with Crippen LogP contribution in [0.4, 0.5) is 5.69 Å². The van der Waals surface area contributed by atoms with Crippen molar-refractivity contribution in [2.45, 2.75) is 46.2 Å². The van der Waals surface area contributed by atoms with Crippen LogP contribution in [0.2, 0.25) is 0 Å². The van der Waals surface area contributed by atoms with Gasteiger partial charge in [0, 0.05) is 10.2 Å². The molecule has 1 N–H and O–H groups in total. The molecular weight excluding hydrogens is 332 g/mol. The van der Waals surface area contributed by atoms with E-state index in [0.717, 1.165) is 22.1 Å². The first kappa shape index (κ1) is 16.0. The van der Waals surface area contributed by atoms with Crippen molar-refractivity contribution in [3.63, 3.8) is 0 Å². The fraction of sp³-hybridized carbons (Fsp3) is 0.500. The lowest BCUT2D eigenvalue weighted by molar-refractivity contribution is -0.134. The average molecular weight is 353 g/mol. The summed E-state index contributed by atoms with van der Waals surface area (Å²) in [6.07, 6.45) is 0.844. The van der Waals surface area contributed by atoms with Crippen molar-refractivity contribution < 1.29 is 9.59 Å². The van der Waals surface area contributed by atoms with Crippen LogP contribution in [0.15, 0.2) is 22.7 Å². The highest BCUT2D eigenvalue weighted by molar-refractivity contribution is 9.10. The van der Waals surface area contributed by atoms with E-state index in [9.17, 15) is 9.59 Å². The third-order valence-electron chi connectivity index (χ3n) is 4.21. The Hall–Kier alpha value is -1.36. The average Bonchev–Trinajstić information content (AvgIpc) is 2.46. The molecule has 1 fully saturated rings. The zero-order valence-electron chi connectivity index (χ0n) is 12.8. The van der Waals surface area contributed by atoms with E-state index in [1.54, 1.807) is 11.8 Å². The number of carbonyl (C=O) groups is 2. The quantitative estimate of drug-likeness (QED) is 0.908. The molecule has 0 aliphatic carbocycles. The van der Waals surface area contributed by atoms with E-state index < -0.39 is 12.1 Å². The van der Waals surface area contributed by atoms with Gasteiger partial charge in [-0.2, -0.15) is 0 Å². The van der Waals surface area contributed by atoms with E-state index in [4.69, 9.17) is 0 Å². The number of nitrogens with zero attached hydrogens (tertiary/aromatic N) is 1. The summed E-state index contributed by atoms with van der Waals surface area (Å²) in [5.74, 6) is -0.0131. The molecule has 1 aromatic rings. The van der Waals surface area contributed by atoms with Gasteiger partial charge in [-0.15, -0.1) is 0 Å². The van der Waals surface area contributed by atoms with Gasteiger partial charge >= 0.3 is 0 Å². The number of halogens is 1. The predicted octanol–water partition coefficient (Wildman–Crippen LogP) is 3.02. The van der Waals surface area contributed by atoms with Crippen molar-refractivity contribution in [1.29, 1.82) is 0 Å². The molecule has 0 spiro atoms. The monoisotopic (exact) mass is 352 g/mol. The molecule has 21 heavy (non-hydrogen) atoms. The van der Waals surface area contributed by atoms with Crippen molar-refractivity contribution >= 4 is 33.4 Å². The van der Waals surface area contributed by atoms with E-state index in [-0.39, 0.29) is 17.7 Å². The summed E-state index contributed by atoms with van der Waals surface area (Å²) in [6.45, 7) is 7.73. The van der Waals surface area contributed by atoms with Crippen LogP contribution in [0.25, 0.3) is 0 Å². The normalized spacial score (nSPS) is 24.0. The second-order valence-corrected chi connectivity index (χ2v) is 6.60. The van der Waals surface area contributed by atoms with Crippen molar-refractivity contribution in [2.75, 3.05) is 4.90 Å². The van der Waals surface area contributed by atoms with Crippen molar-refractivity contribution in [1.82, 2.24) is 5.32 Å². The van der Waals surface area contributed by atoms with Gasteiger partial charge in [0.15, 0.2) is 0 Å². The van der Waals surface area contributed by atoms with Gasteiger partial charge in [0.25, 0.3) is 5.91 Å². The van der Waals surface area contributed by atoms with Crippen LogP contribution in [0.3, 0.4) is 0 Å². The highest BCUT2D eigenvalue weighted by Gasteiger charge is 2.41. The Morgan fingerprint density at radius 2 is 2.05 bits per heavy atom. The number of aryl methyl sites for hydroxylation is 1. The third kappa shape index (κ3) is 2.98. The first-order valence-corrected chi connectivity index (χ1v) is 8.05. The van der Waals surface area contributed by atoms with Gasteiger partial charge in [-0.3, -0.25) is 14.5 Å². The minimum Gasteiger partial charge on any atom is -0.342 e. The number of carbonyl (C=O) groups excluding carboxylic acids is 2. The van der Waals surface area contributed by atoms with Gasteiger partial charge < -0.3 is 5.32 Å². The van der Waals surface area contributed by atoms with Gasteiger partial charge in [-0.1, -0.05) is 42.3 Å². The summed E-state index contributed by atoms with van der Waals surface area (Å²) >= 11 is 3.44. The largest absolute Gasteiger partial charge is 0.342 e. The zero-order chi connectivity index (χ0) is 15.7. The summed E-state index contributed by atoms with van der Waals surface area (Å²) in [6, 6.07) is 4.84. The topological polar surface area (TPSA) is 49.4 Å². The fourth-order valence-corrected chi connectivity index (χ4v) is 2.93. The molecule has 114 valence electrons. The molecule has 5 heteroatoms. The van der Waals surface area contributed by atoms with Crippen molar-refractivity contribution in [3.8, 4) is 0 Å². The van der Waals surface area contributed by atoms with E-state index in [1.807, 2.05) is 39.0 Å². The Labute approximate surface area is 134 Å². The molecule has 0 bridgehead atoms. The first-order chi connectivity index (χ1) is 9.86. The molecular formula is C16H21BrN2O2. The lowest BCUT2D eigenvalue weighted by Gasteiger charge is -2.40. The van der Waals surface area contributed by atoms with Crippen molar-refractivity contribution in [2.24, 2.45) is 5.92 Å². The molecule has 3 atom stereocenters. The van der Waals surface area contributed by atoms with E-state index in [0.29, 0.717) is 0 Å². The fourth-order valence-electron chi connectivity index (χ4n) is 2.58. The molecule has 4 nitrogen and oxygen atoms in total. The minimum absolute atomic E-state index is 0.0300. The number of piperazine rings is 1. The molecule has 1 aromatic carbocycles. The number of rotatable bonds is 3. The standard InChI is InChI=1S/C16H21BrN2O2/c1-5-9(2)14-16(21)19(11(4)15(20)18-14)13-8-12(17)7-6-10(13)3/h6-9,11,14H,5H2,1-4H3,(H,18,20). The molecule has 2 amide bonds. The van der Waals surface area contributed by atoms with Crippen LogP contribution in [0.5, 0.6) is 0 Å². The third-order valence-corrected chi connectivity index (χ3v) is 4.70. The smallest absolute Gasteiger partial charge is 0.250 e. The Kier molecular flexibility index (Phi) is 4.71. The molecule has 1 heterocycles. The summed E-state index contributed by atoms with van der Waals surface area (Å²) in [5, 5.41) is 2.86. The van der Waals surface area contributed by atoms with E-state index in [1.165, 1.54) is 0 Å². The van der Waals surface area contributed by atoms with E-state index in [2.05, 4.69) is 21.2 Å². The molecule has 0 radical (unpaired) electrons. The minimum atomic E-state index is -0.495. The van der Waals surface area contributed by atoms with Crippen LogP contribution >= 0.6 is 15.9 Å². The predicted molar refractivity (Wildman–Crippen MR) is 87.2 cm³/mol. The molecule has 1 aliphatic rings. The molecule has 1 aliphatic heterocycles. The lowest BCUT2D eigenvalue weighted by atomic mass is 9.94. The number of hydrogen-bond acceptors (Lipinski definition) is 2. The maximum absolute atomic E-state index is 12.8. The highest BCUT2D eigenvalue weighted by Crippen LogP contribution is 2.29. The highest BCUT2D eigenvalue weighted by atomic mass is 79.9. The number of anilines is 1. The van der Waals surface area contributed by atoms with Crippen LogP contribution in [0.1, 0.15) is 32.8 Å². The van der Waals surface area contributed by atoms with Crippen LogP contribution < -0.4 is 10.2 Å². The van der Waals surface area contributed by atoms with Crippen LogP contribution in [-0.2, 0) is 9.59 Å². The Balaban J connectivity index is 2.46. The summed E-state index contributed by atoms with van der Waals surface area (Å²) in [7, 11) is 0. The van der Waals surface area contributed by atoms with Gasteiger partial charge in [0.2, 0.25) is 5.91 Å². The number of nitrogens with one attached hydrogen (secondary N) is 1. The molecule has 1 saturated heterocycles. The molecule has 2 rings (SSSR count). The van der Waals surface area contributed by atoms with Crippen molar-refractivity contribution in [3.05, 3.63) is 28.2 Å². The summed E-state index contributed by atoms with van der Waals surface area (Å²) in [4.78, 5) is 26.7. The Bertz CT molecular complexity index is 573. The second-order valence-electron chi connectivity index (χ2n) is 5.69. The first-order valence-electron chi connectivity index (χ1n) is 7.26. The molecule has 0 aromatic heterocycles. The van der Waals surface area contributed by atoms with Crippen LogP contribution in [-0.4, -0.2) is 23.9 Å². The van der Waals surface area contributed by atoms with E-state index >= 15 is 0 Å². The Morgan fingerprint density at radius 3 is 2.67 bits per heavy atom.